The highest BCUT2D eigenvalue weighted by Gasteiger charge is 2.11. The highest BCUT2D eigenvalue weighted by atomic mass is 16.3. The quantitative estimate of drug-likeness (QED) is 0.808. The summed E-state index contributed by atoms with van der Waals surface area (Å²) in [5.74, 6) is 0.172. The lowest BCUT2D eigenvalue weighted by Gasteiger charge is -2.20. The standard InChI is InChI=1S/C18H21NO2/c20-12-11-19(14-17-9-5-2-6-10-17)15-18(21)13-16-7-3-1-4-8-16/h1-10,20H,11-15H2. The first kappa shape index (κ1) is 15.4. The molecule has 1 N–H and O–H groups in total. The molecule has 2 rings (SSSR count). The molecule has 0 unspecified atom stereocenters. The molecule has 0 aliphatic carbocycles. The highest BCUT2D eigenvalue weighted by Crippen LogP contribution is 2.06. The van der Waals surface area contributed by atoms with Gasteiger partial charge in [0.25, 0.3) is 0 Å². The van der Waals surface area contributed by atoms with Crippen molar-refractivity contribution in [1.82, 2.24) is 4.90 Å². The maximum Gasteiger partial charge on any atom is 0.151 e. The lowest BCUT2D eigenvalue weighted by Crippen LogP contribution is -2.32. The summed E-state index contributed by atoms with van der Waals surface area (Å²) in [7, 11) is 0. The van der Waals surface area contributed by atoms with Crippen LogP contribution in [0.3, 0.4) is 0 Å². The molecule has 110 valence electrons. The van der Waals surface area contributed by atoms with Gasteiger partial charge in [-0.2, -0.15) is 0 Å². The molecular formula is C18H21NO2. The van der Waals surface area contributed by atoms with Crippen LogP contribution in [0.5, 0.6) is 0 Å². The number of aliphatic hydroxyl groups excluding tert-OH is 1. The lowest BCUT2D eigenvalue weighted by atomic mass is 10.1. The van der Waals surface area contributed by atoms with Crippen molar-refractivity contribution < 1.29 is 9.90 Å². The molecule has 21 heavy (non-hydrogen) atoms. The van der Waals surface area contributed by atoms with Gasteiger partial charge >= 0.3 is 0 Å². The van der Waals surface area contributed by atoms with Crippen LogP contribution in [-0.2, 0) is 17.8 Å². The van der Waals surface area contributed by atoms with Crippen molar-refractivity contribution in [2.24, 2.45) is 0 Å². The van der Waals surface area contributed by atoms with Gasteiger partial charge in [0.2, 0.25) is 0 Å². The number of benzene rings is 2. The van der Waals surface area contributed by atoms with Crippen LogP contribution in [0.4, 0.5) is 0 Å². The van der Waals surface area contributed by atoms with Crippen LogP contribution in [0, 0.1) is 0 Å². The largest absolute Gasteiger partial charge is 0.395 e. The molecule has 0 aliphatic heterocycles. The van der Waals surface area contributed by atoms with E-state index in [1.165, 1.54) is 0 Å². The maximum absolute atomic E-state index is 12.2. The van der Waals surface area contributed by atoms with E-state index in [-0.39, 0.29) is 12.4 Å². The summed E-state index contributed by atoms with van der Waals surface area (Å²) in [6, 6.07) is 19.8. The highest BCUT2D eigenvalue weighted by molar-refractivity contribution is 5.82. The minimum Gasteiger partial charge on any atom is -0.395 e. The Bertz CT molecular complexity index is 540. The average molecular weight is 283 g/mol. The fourth-order valence-electron chi connectivity index (χ4n) is 2.33. The first-order valence-electron chi connectivity index (χ1n) is 7.20. The van der Waals surface area contributed by atoms with Crippen LogP contribution in [0.25, 0.3) is 0 Å². The molecule has 0 saturated carbocycles. The Morgan fingerprint density at radius 1 is 0.905 bits per heavy atom. The van der Waals surface area contributed by atoms with Crippen LogP contribution in [0.2, 0.25) is 0 Å². The smallest absolute Gasteiger partial charge is 0.151 e. The number of carbonyl (C=O) groups is 1. The van der Waals surface area contributed by atoms with E-state index in [4.69, 9.17) is 5.11 Å². The molecule has 0 atom stereocenters. The fourth-order valence-corrected chi connectivity index (χ4v) is 2.33. The van der Waals surface area contributed by atoms with Gasteiger partial charge < -0.3 is 5.11 Å². The molecule has 0 radical (unpaired) electrons. The van der Waals surface area contributed by atoms with Crippen molar-refractivity contribution in [1.29, 1.82) is 0 Å². The number of hydrogen-bond donors (Lipinski definition) is 1. The molecule has 2 aromatic carbocycles. The predicted molar refractivity (Wildman–Crippen MR) is 84.0 cm³/mol. The van der Waals surface area contributed by atoms with Crippen molar-refractivity contribution in [2.45, 2.75) is 13.0 Å². The number of ketones is 1. The van der Waals surface area contributed by atoms with E-state index in [9.17, 15) is 4.79 Å². The topological polar surface area (TPSA) is 40.5 Å². The van der Waals surface area contributed by atoms with Gasteiger partial charge in [-0.3, -0.25) is 9.69 Å². The zero-order valence-corrected chi connectivity index (χ0v) is 12.1. The second-order valence-electron chi connectivity index (χ2n) is 5.12. The number of nitrogens with zero attached hydrogens (tertiary/aromatic N) is 1. The van der Waals surface area contributed by atoms with Crippen molar-refractivity contribution >= 4 is 5.78 Å². The van der Waals surface area contributed by atoms with Crippen molar-refractivity contribution in [2.75, 3.05) is 19.7 Å². The van der Waals surface area contributed by atoms with Crippen LogP contribution < -0.4 is 0 Å². The Kier molecular flexibility index (Phi) is 6.13. The van der Waals surface area contributed by atoms with Gasteiger partial charge in [0, 0.05) is 19.5 Å². The second-order valence-corrected chi connectivity index (χ2v) is 5.12. The molecule has 0 spiro atoms. The zero-order valence-electron chi connectivity index (χ0n) is 12.1. The van der Waals surface area contributed by atoms with E-state index in [2.05, 4.69) is 0 Å². The Hall–Kier alpha value is -1.97. The summed E-state index contributed by atoms with van der Waals surface area (Å²) in [5, 5.41) is 9.16. The number of Topliss-reactive ketones (excluding diaryl/α,β-unsaturated/α-hetero) is 1. The first-order chi connectivity index (χ1) is 10.3. The summed E-state index contributed by atoms with van der Waals surface area (Å²) in [6.07, 6.45) is 0.442. The van der Waals surface area contributed by atoms with Gasteiger partial charge in [-0.1, -0.05) is 60.7 Å². The van der Waals surface area contributed by atoms with Gasteiger partial charge in [0.15, 0.2) is 5.78 Å². The Balaban J connectivity index is 1.91. The monoisotopic (exact) mass is 283 g/mol. The van der Waals surface area contributed by atoms with Crippen LogP contribution in [-0.4, -0.2) is 35.5 Å². The molecule has 2 aromatic rings. The average Bonchev–Trinajstić information content (AvgIpc) is 2.49. The molecule has 3 heteroatoms. The van der Waals surface area contributed by atoms with Crippen LogP contribution in [0.15, 0.2) is 60.7 Å². The predicted octanol–water partition coefficient (Wildman–Crippen LogP) is 2.29. The van der Waals surface area contributed by atoms with Gasteiger partial charge in [-0.05, 0) is 11.1 Å². The first-order valence-corrected chi connectivity index (χ1v) is 7.20. The SMILES string of the molecule is O=C(Cc1ccccc1)CN(CCO)Cc1ccccc1. The second kappa shape index (κ2) is 8.35. The van der Waals surface area contributed by atoms with Crippen molar-refractivity contribution in [3.05, 3.63) is 71.8 Å². The number of aliphatic hydroxyl groups is 1. The Morgan fingerprint density at radius 3 is 2.05 bits per heavy atom. The number of carbonyl (C=O) groups excluding carboxylic acids is 1. The third-order valence-corrected chi connectivity index (χ3v) is 3.31. The lowest BCUT2D eigenvalue weighted by molar-refractivity contribution is -0.119. The van der Waals surface area contributed by atoms with E-state index in [0.29, 0.717) is 26.1 Å². The normalized spacial score (nSPS) is 10.8. The molecule has 0 fully saturated rings. The maximum atomic E-state index is 12.2. The number of hydrogen-bond acceptors (Lipinski definition) is 3. The molecule has 0 amide bonds. The number of rotatable bonds is 8. The molecular weight excluding hydrogens is 262 g/mol. The summed E-state index contributed by atoms with van der Waals surface area (Å²) in [6.45, 7) is 1.62. The third-order valence-electron chi connectivity index (χ3n) is 3.31. The van der Waals surface area contributed by atoms with E-state index >= 15 is 0 Å². The van der Waals surface area contributed by atoms with Crippen LogP contribution in [0.1, 0.15) is 11.1 Å². The summed E-state index contributed by atoms with van der Waals surface area (Å²) < 4.78 is 0. The van der Waals surface area contributed by atoms with Crippen LogP contribution >= 0.6 is 0 Å². The van der Waals surface area contributed by atoms with Gasteiger partial charge in [0.05, 0.1) is 13.2 Å². The fraction of sp³-hybridized carbons (Fsp3) is 0.278. The molecule has 0 aliphatic rings. The zero-order chi connectivity index (χ0) is 14.9. The Labute approximate surface area is 125 Å². The molecule has 3 nitrogen and oxygen atoms in total. The van der Waals surface area contributed by atoms with E-state index in [1.807, 2.05) is 65.6 Å². The summed E-state index contributed by atoms with van der Waals surface area (Å²) >= 11 is 0. The minimum absolute atomic E-state index is 0.0610. The Morgan fingerprint density at radius 2 is 1.48 bits per heavy atom. The summed E-state index contributed by atoms with van der Waals surface area (Å²) in [4.78, 5) is 14.2. The van der Waals surface area contributed by atoms with Crippen molar-refractivity contribution in [3.63, 3.8) is 0 Å². The van der Waals surface area contributed by atoms with E-state index < -0.39 is 0 Å². The van der Waals surface area contributed by atoms with E-state index in [0.717, 1.165) is 11.1 Å². The van der Waals surface area contributed by atoms with Gasteiger partial charge in [-0.15, -0.1) is 0 Å². The van der Waals surface area contributed by atoms with E-state index in [1.54, 1.807) is 0 Å². The minimum atomic E-state index is 0.0610. The molecule has 0 saturated heterocycles. The van der Waals surface area contributed by atoms with Gasteiger partial charge in [0.1, 0.15) is 0 Å². The van der Waals surface area contributed by atoms with Crippen molar-refractivity contribution in [3.8, 4) is 0 Å². The van der Waals surface area contributed by atoms with Gasteiger partial charge in [-0.25, -0.2) is 0 Å². The third kappa shape index (κ3) is 5.50. The summed E-state index contributed by atoms with van der Waals surface area (Å²) in [5.41, 5.74) is 2.18. The molecule has 0 aromatic heterocycles. The molecule has 0 heterocycles. The molecule has 0 bridgehead atoms.